The standard InChI is InChI=1S/C19H14F3N3OS2/c20-19(21,22)11-9-12(13-7-4-8-27-13)25-18-14(11)15(23)16(28-18)17(26)24-10-5-2-1-3-6-10/h1-9,11,25H,23H2,(H,24,26)/t11-/m0/s1. The molecule has 28 heavy (non-hydrogen) atoms. The van der Waals surface area contributed by atoms with Crippen LogP contribution in [-0.4, -0.2) is 12.1 Å². The fourth-order valence-corrected chi connectivity index (χ4v) is 4.77. The Balaban J connectivity index is 1.73. The van der Waals surface area contributed by atoms with Crippen LogP contribution < -0.4 is 16.4 Å². The Morgan fingerprint density at radius 2 is 1.89 bits per heavy atom. The molecule has 9 heteroatoms. The number of carbonyl (C=O) groups excluding carboxylic acids is 1. The van der Waals surface area contributed by atoms with Crippen molar-refractivity contribution in [1.82, 2.24) is 0 Å². The Morgan fingerprint density at radius 1 is 1.14 bits per heavy atom. The fourth-order valence-electron chi connectivity index (χ4n) is 2.98. The topological polar surface area (TPSA) is 67.2 Å². The van der Waals surface area contributed by atoms with Crippen molar-refractivity contribution in [2.45, 2.75) is 12.1 Å². The minimum Gasteiger partial charge on any atom is -0.397 e. The van der Waals surface area contributed by atoms with Gasteiger partial charge in [-0.05, 0) is 29.7 Å². The Labute approximate surface area is 166 Å². The van der Waals surface area contributed by atoms with Crippen molar-refractivity contribution in [2.75, 3.05) is 16.4 Å². The molecule has 0 unspecified atom stereocenters. The molecule has 0 radical (unpaired) electrons. The first-order valence-electron chi connectivity index (χ1n) is 8.22. The van der Waals surface area contributed by atoms with Crippen molar-refractivity contribution in [2.24, 2.45) is 0 Å². The van der Waals surface area contributed by atoms with E-state index in [9.17, 15) is 18.0 Å². The zero-order chi connectivity index (χ0) is 19.9. The molecule has 2 aromatic heterocycles. The summed E-state index contributed by atoms with van der Waals surface area (Å²) in [6, 6.07) is 12.2. The number of nitrogens with one attached hydrogen (secondary N) is 2. The van der Waals surface area contributed by atoms with E-state index in [1.54, 1.807) is 47.8 Å². The van der Waals surface area contributed by atoms with Gasteiger partial charge in [0.15, 0.2) is 0 Å². The van der Waals surface area contributed by atoms with Crippen LogP contribution in [0.15, 0.2) is 53.9 Å². The highest BCUT2D eigenvalue weighted by Gasteiger charge is 2.45. The van der Waals surface area contributed by atoms with E-state index in [1.165, 1.54) is 11.3 Å². The first-order chi connectivity index (χ1) is 13.3. The zero-order valence-electron chi connectivity index (χ0n) is 14.2. The van der Waals surface area contributed by atoms with E-state index in [1.807, 2.05) is 0 Å². The van der Waals surface area contributed by atoms with E-state index < -0.39 is 18.0 Å². The number of hydrogen-bond acceptors (Lipinski definition) is 5. The molecule has 0 aliphatic carbocycles. The number of nitrogen functional groups attached to an aromatic ring is 1. The number of carbonyl (C=O) groups is 1. The molecule has 4 N–H and O–H groups in total. The second kappa shape index (κ2) is 6.99. The number of fused-ring (bicyclic) bond motifs is 1. The molecule has 0 saturated carbocycles. The summed E-state index contributed by atoms with van der Waals surface area (Å²) in [5.41, 5.74) is 6.66. The number of benzene rings is 1. The number of halogens is 3. The number of rotatable bonds is 3. The van der Waals surface area contributed by atoms with E-state index in [2.05, 4.69) is 10.6 Å². The van der Waals surface area contributed by atoms with Crippen LogP contribution in [0.4, 0.5) is 29.5 Å². The predicted molar refractivity (Wildman–Crippen MR) is 108 cm³/mol. The summed E-state index contributed by atoms with van der Waals surface area (Å²) in [6.45, 7) is 0. The molecule has 1 aromatic carbocycles. The Morgan fingerprint density at radius 3 is 2.54 bits per heavy atom. The van der Waals surface area contributed by atoms with Crippen LogP contribution in [0.25, 0.3) is 5.70 Å². The van der Waals surface area contributed by atoms with Gasteiger partial charge in [-0.2, -0.15) is 13.2 Å². The molecule has 1 aliphatic rings. The third-order valence-electron chi connectivity index (χ3n) is 4.25. The molecule has 144 valence electrons. The fraction of sp³-hybridized carbons (Fsp3) is 0.105. The van der Waals surface area contributed by atoms with Crippen LogP contribution in [0.5, 0.6) is 0 Å². The highest BCUT2D eigenvalue weighted by Crippen LogP contribution is 2.51. The first kappa shape index (κ1) is 18.6. The van der Waals surface area contributed by atoms with Crippen LogP contribution in [0, 0.1) is 0 Å². The van der Waals surface area contributed by atoms with Gasteiger partial charge in [0, 0.05) is 11.3 Å². The average Bonchev–Trinajstić information content (AvgIpc) is 3.29. The third-order valence-corrected chi connectivity index (χ3v) is 6.29. The van der Waals surface area contributed by atoms with Gasteiger partial charge in [0.25, 0.3) is 5.91 Å². The maximum atomic E-state index is 13.8. The van der Waals surface area contributed by atoms with Crippen LogP contribution >= 0.6 is 22.7 Å². The third kappa shape index (κ3) is 3.38. The van der Waals surface area contributed by atoms with Crippen molar-refractivity contribution in [3.05, 3.63) is 69.2 Å². The second-order valence-corrected chi connectivity index (χ2v) is 8.08. The van der Waals surface area contributed by atoms with Crippen LogP contribution in [0.2, 0.25) is 0 Å². The highest BCUT2D eigenvalue weighted by molar-refractivity contribution is 7.19. The van der Waals surface area contributed by atoms with Crippen molar-refractivity contribution < 1.29 is 18.0 Å². The van der Waals surface area contributed by atoms with Gasteiger partial charge in [-0.25, -0.2) is 0 Å². The van der Waals surface area contributed by atoms with Gasteiger partial charge in [0.2, 0.25) is 0 Å². The summed E-state index contributed by atoms with van der Waals surface area (Å²) in [5.74, 6) is -2.42. The number of anilines is 3. The van der Waals surface area contributed by atoms with Crippen LogP contribution in [0.1, 0.15) is 26.0 Å². The molecule has 0 spiro atoms. The Bertz CT molecular complexity index is 1040. The van der Waals surface area contributed by atoms with Crippen molar-refractivity contribution in [3.8, 4) is 0 Å². The summed E-state index contributed by atoms with van der Waals surface area (Å²) in [7, 11) is 0. The zero-order valence-corrected chi connectivity index (χ0v) is 15.8. The summed E-state index contributed by atoms with van der Waals surface area (Å²) in [6.07, 6.45) is -3.40. The molecule has 3 heterocycles. The minimum atomic E-state index is -4.53. The molecule has 1 atom stereocenters. The van der Waals surface area contributed by atoms with E-state index >= 15 is 0 Å². The molecule has 4 nitrogen and oxygen atoms in total. The molecule has 1 amide bonds. The Kier molecular flexibility index (Phi) is 4.64. The number of allylic oxidation sites excluding steroid dienone is 1. The van der Waals surface area contributed by atoms with E-state index in [0.717, 1.165) is 17.4 Å². The minimum absolute atomic E-state index is 0.0523. The van der Waals surface area contributed by atoms with Crippen LogP contribution in [-0.2, 0) is 0 Å². The number of thiophene rings is 2. The van der Waals surface area contributed by atoms with Crippen molar-refractivity contribution in [1.29, 1.82) is 0 Å². The number of alkyl halides is 3. The summed E-state index contributed by atoms with van der Waals surface area (Å²) >= 11 is 2.26. The molecule has 0 bridgehead atoms. The number of nitrogens with two attached hydrogens (primary N) is 1. The first-order valence-corrected chi connectivity index (χ1v) is 9.92. The van der Waals surface area contributed by atoms with Gasteiger partial charge in [-0.15, -0.1) is 22.7 Å². The predicted octanol–water partition coefficient (Wildman–Crippen LogP) is 5.76. The molecule has 1 aliphatic heterocycles. The summed E-state index contributed by atoms with van der Waals surface area (Å²) < 4.78 is 41.3. The quantitative estimate of drug-likeness (QED) is 0.504. The SMILES string of the molecule is Nc1c(C(=O)Nc2ccccc2)sc2c1[C@@H](C(F)(F)F)C=C(c1cccs1)N2. The lowest BCUT2D eigenvalue weighted by molar-refractivity contribution is -0.139. The maximum absolute atomic E-state index is 13.8. The van der Waals surface area contributed by atoms with E-state index in [0.29, 0.717) is 16.3 Å². The molecular weight excluding hydrogens is 407 g/mol. The summed E-state index contributed by atoms with van der Waals surface area (Å²) in [4.78, 5) is 13.3. The monoisotopic (exact) mass is 421 g/mol. The largest absolute Gasteiger partial charge is 0.399 e. The van der Waals surface area contributed by atoms with Crippen molar-refractivity contribution in [3.63, 3.8) is 0 Å². The van der Waals surface area contributed by atoms with E-state index in [4.69, 9.17) is 5.73 Å². The lowest BCUT2D eigenvalue weighted by Gasteiger charge is -2.25. The molecule has 0 saturated heterocycles. The van der Waals surface area contributed by atoms with Gasteiger partial charge in [0.1, 0.15) is 10.8 Å². The molecule has 3 aromatic rings. The van der Waals surface area contributed by atoms with Crippen LogP contribution in [0.3, 0.4) is 0 Å². The maximum Gasteiger partial charge on any atom is 0.399 e. The lowest BCUT2D eigenvalue weighted by atomic mass is 9.94. The summed E-state index contributed by atoms with van der Waals surface area (Å²) in [5, 5.41) is 7.71. The van der Waals surface area contributed by atoms with Crippen molar-refractivity contribution >= 4 is 50.7 Å². The van der Waals surface area contributed by atoms with Gasteiger partial charge in [-0.3, -0.25) is 4.79 Å². The lowest BCUT2D eigenvalue weighted by Crippen LogP contribution is -2.24. The second-order valence-electron chi connectivity index (χ2n) is 6.11. The molecule has 4 rings (SSSR count). The number of para-hydroxylation sites is 1. The van der Waals surface area contributed by atoms with Gasteiger partial charge in [0.05, 0.1) is 21.3 Å². The molecular formula is C19H14F3N3OS2. The van der Waals surface area contributed by atoms with Gasteiger partial charge in [-0.1, -0.05) is 24.3 Å². The smallest absolute Gasteiger partial charge is 0.397 e. The Hall–Kier alpha value is -2.78. The number of amides is 1. The highest BCUT2D eigenvalue weighted by atomic mass is 32.1. The number of hydrogen-bond donors (Lipinski definition) is 3. The van der Waals surface area contributed by atoms with E-state index in [-0.39, 0.29) is 21.1 Å². The normalized spacial score (nSPS) is 16.1. The average molecular weight is 421 g/mol. The van der Waals surface area contributed by atoms with Gasteiger partial charge < -0.3 is 16.4 Å². The molecule has 0 fully saturated rings. The van der Waals surface area contributed by atoms with Gasteiger partial charge >= 0.3 is 6.18 Å².